The second kappa shape index (κ2) is 7.18. The highest BCUT2D eigenvalue weighted by Crippen LogP contribution is 2.19. The molecule has 0 atom stereocenters. The Morgan fingerprint density at radius 2 is 1.64 bits per heavy atom. The Balaban J connectivity index is 1.73. The molecule has 0 radical (unpaired) electrons. The molecule has 0 aliphatic carbocycles. The fourth-order valence-electron chi connectivity index (χ4n) is 2.71. The molecule has 1 aromatic carbocycles. The van der Waals surface area contributed by atoms with Crippen molar-refractivity contribution in [3.05, 3.63) is 42.2 Å². The molecule has 0 unspecified atom stereocenters. The Morgan fingerprint density at radius 1 is 1.04 bits per heavy atom. The summed E-state index contributed by atoms with van der Waals surface area (Å²) in [5.41, 5.74) is 0.768. The molecule has 8 heteroatoms. The first kappa shape index (κ1) is 17.3. The molecular weight excluding hydrogens is 340 g/mol. The first-order valence-electron chi connectivity index (χ1n) is 8.16. The normalized spacial score (nSPS) is 15.0. The standard InChI is InChI=1S/C17H20N4O3S/c1-13(22)14-5-7-16(8-6-14)25(23,24)20-15-11-18-17(19-12-15)21-9-3-2-4-10-21/h5-8,11-12,20H,2-4,9-10H2,1H3. The summed E-state index contributed by atoms with van der Waals surface area (Å²) >= 11 is 0. The summed E-state index contributed by atoms with van der Waals surface area (Å²) in [6, 6.07) is 5.80. The molecular formula is C17H20N4O3S. The van der Waals surface area contributed by atoms with E-state index in [0.717, 1.165) is 25.9 Å². The summed E-state index contributed by atoms with van der Waals surface area (Å²) < 4.78 is 27.3. The number of Topliss-reactive ketones (excluding diaryl/α,β-unsaturated/α-hetero) is 1. The number of hydrogen-bond donors (Lipinski definition) is 1. The third kappa shape index (κ3) is 4.14. The van der Waals surface area contributed by atoms with E-state index >= 15 is 0 Å². The predicted octanol–water partition coefficient (Wildman–Crippen LogP) is 2.47. The van der Waals surface area contributed by atoms with E-state index in [2.05, 4.69) is 19.6 Å². The van der Waals surface area contributed by atoms with Crippen molar-refractivity contribution in [1.29, 1.82) is 0 Å². The maximum atomic E-state index is 12.4. The lowest BCUT2D eigenvalue weighted by molar-refractivity contribution is 0.101. The molecule has 3 rings (SSSR count). The molecule has 1 aliphatic rings. The number of ketones is 1. The van der Waals surface area contributed by atoms with Gasteiger partial charge in [-0.2, -0.15) is 0 Å². The molecule has 132 valence electrons. The minimum Gasteiger partial charge on any atom is -0.341 e. The van der Waals surface area contributed by atoms with Crippen LogP contribution in [-0.4, -0.2) is 37.3 Å². The Labute approximate surface area is 147 Å². The number of carbonyl (C=O) groups is 1. The fourth-order valence-corrected chi connectivity index (χ4v) is 3.74. The van der Waals surface area contributed by atoms with Gasteiger partial charge < -0.3 is 4.90 Å². The quantitative estimate of drug-likeness (QED) is 0.824. The minimum atomic E-state index is -3.75. The Bertz CT molecular complexity index is 842. The average molecular weight is 360 g/mol. The van der Waals surface area contributed by atoms with Gasteiger partial charge in [-0.05, 0) is 38.3 Å². The molecule has 2 heterocycles. The molecule has 0 spiro atoms. The predicted molar refractivity (Wildman–Crippen MR) is 95.4 cm³/mol. The lowest BCUT2D eigenvalue weighted by atomic mass is 10.1. The van der Waals surface area contributed by atoms with Crippen molar-refractivity contribution in [2.24, 2.45) is 0 Å². The SMILES string of the molecule is CC(=O)c1ccc(S(=O)(=O)Nc2cnc(N3CCCCC3)nc2)cc1. The van der Waals surface area contributed by atoms with E-state index in [0.29, 0.717) is 17.2 Å². The Kier molecular flexibility index (Phi) is 4.98. The van der Waals surface area contributed by atoms with Crippen LogP contribution in [0.4, 0.5) is 11.6 Å². The Morgan fingerprint density at radius 3 is 2.20 bits per heavy atom. The van der Waals surface area contributed by atoms with Crippen molar-refractivity contribution in [2.75, 3.05) is 22.7 Å². The molecule has 1 N–H and O–H groups in total. The van der Waals surface area contributed by atoms with Gasteiger partial charge in [-0.25, -0.2) is 18.4 Å². The van der Waals surface area contributed by atoms with Crippen LogP contribution in [0.2, 0.25) is 0 Å². The summed E-state index contributed by atoms with van der Waals surface area (Å²) in [5.74, 6) is 0.507. The van der Waals surface area contributed by atoms with Gasteiger partial charge in [0.1, 0.15) is 0 Å². The maximum Gasteiger partial charge on any atom is 0.261 e. The van der Waals surface area contributed by atoms with Gasteiger partial charge in [0.05, 0.1) is 23.0 Å². The molecule has 2 aromatic rings. The summed E-state index contributed by atoms with van der Waals surface area (Å²) in [5, 5.41) is 0. The van der Waals surface area contributed by atoms with Crippen molar-refractivity contribution in [3.63, 3.8) is 0 Å². The molecule has 25 heavy (non-hydrogen) atoms. The second-order valence-electron chi connectivity index (χ2n) is 6.01. The number of carbonyl (C=O) groups excluding carboxylic acids is 1. The number of sulfonamides is 1. The number of anilines is 2. The van der Waals surface area contributed by atoms with Crippen molar-refractivity contribution in [2.45, 2.75) is 31.1 Å². The number of rotatable bonds is 5. The van der Waals surface area contributed by atoms with E-state index in [9.17, 15) is 13.2 Å². The number of nitrogens with zero attached hydrogens (tertiary/aromatic N) is 3. The molecule has 1 fully saturated rings. The first-order valence-corrected chi connectivity index (χ1v) is 9.65. The highest BCUT2D eigenvalue weighted by molar-refractivity contribution is 7.92. The van der Waals surface area contributed by atoms with Crippen LogP contribution in [-0.2, 0) is 10.0 Å². The van der Waals surface area contributed by atoms with Gasteiger partial charge in [-0.3, -0.25) is 9.52 Å². The second-order valence-corrected chi connectivity index (χ2v) is 7.69. The van der Waals surface area contributed by atoms with Crippen LogP contribution in [0.25, 0.3) is 0 Å². The maximum absolute atomic E-state index is 12.4. The van der Waals surface area contributed by atoms with E-state index in [1.807, 2.05) is 0 Å². The van der Waals surface area contributed by atoms with Gasteiger partial charge in [0.2, 0.25) is 5.95 Å². The average Bonchev–Trinajstić information content (AvgIpc) is 2.63. The highest BCUT2D eigenvalue weighted by atomic mass is 32.2. The fraction of sp³-hybridized carbons (Fsp3) is 0.353. The topological polar surface area (TPSA) is 92.3 Å². The number of nitrogens with one attached hydrogen (secondary N) is 1. The van der Waals surface area contributed by atoms with Crippen molar-refractivity contribution in [1.82, 2.24) is 9.97 Å². The van der Waals surface area contributed by atoms with E-state index in [4.69, 9.17) is 0 Å². The summed E-state index contributed by atoms with van der Waals surface area (Å²) in [6.07, 6.45) is 6.40. The lowest BCUT2D eigenvalue weighted by Crippen LogP contribution is -2.30. The van der Waals surface area contributed by atoms with E-state index < -0.39 is 10.0 Å². The highest BCUT2D eigenvalue weighted by Gasteiger charge is 2.17. The van der Waals surface area contributed by atoms with Crippen molar-refractivity contribution < 1.29 is 13.2 Å². The summed E-state index contributed by atoms with van der Waals surface area (Å²) in [6.45, 7) is 3.28. The molecule has 0 amide bonds. The molecule has 0 saturated carbocycles. The van der Waals surface area contributed by atoms with Gasteiger partial charge >= 0.3 is 0 Å². The van der Waals surface area contributed by atoms with Crippen LogP contribution < -0.4 is 9.62 Å². The van der Waals surface area contributed by atoms with Gasteiger partial charge in [-0.15, -0.1) is 0 Å². The number of hydrogen-bond acceptors (Lipinski definition) is 6. The number of benzene rings is 1. The third-order valence-electron chi connectivity index (χ3n) is 4.10. The number of piperidine rings is 1. The van der Waals surface area contributed by atoms with Crippen LogP contribution in [0.15, 0.2) is 41.6 Å². The first-order chi connectivity index (χ1) is 12.0. The van der Waals surface area contributed by atoms with Crippen LogP contribution >= 0.6 is 0 Å². The summed E-state index contributed by atoms with van der Waals surface area (Å²) in [4.78, 5) is 22.0. The summed E-state index contributed by atoms with van der Waals surface area (Å²) in [7, 11) is -3.75. The molecule has 1 saturated heterocycles. The zero-order valence-corrected chi connectivity index (χ0v) is 14.8. The van der Waals surface area contributed by atoms with Crippen molar-refractivity contribution in [3.8, 4) is 0 Å². The van der Waals surface area contributed by atoms with E-state index in [1.165, 1.54) is 50.0 Å². The van der Waals surface area contributed by atoms with Crippen LogP contribution in [0, 0.1) is 0 Å². The van der Waals surface area contributed by atoms with Crippen molar-refractivity contribution >= 4 is 27.4 Å². The molecule has 7 nitrogen and oxygen atoms in total. The van der Waals surface area contributed by atoms with Gasteiger partial charge in [-0.1, -0.05) is 12.1 Å². The largest absolute Gasteiger partial charge is 0.341 e. The van der Waals surface area contributed by atoms with Gasteiger partial charge in [0.25, 0.3) is 10.0 Å². The monoisotopic (exact) mass is 360 g/mol. The lowest BCUT2D eigenvalue weighted by Gasteiger charge is -2.26. The molecule has 1 aromatic heterocycles. The zero-order chi connectivity index (χ0) is 17.9. The molecule has 0 bridgehead atoms. The van der Waals surface area contributed by atoms with Crippen LogP contribution in [0.5, 0.6) is 0 Å². The van der Waals surface area contributed by atoms with Crippen LogP contribution in [0.1, 0.15) is 36.5 Å². The van der Waals surface area contributed by atoms with Crippen LogP contribution in [0.3, 0.4) is 0 Å². The molecule has 1 aliphatic heterocycles. The van der Waals surface area contributed by atoms with E-state index in [-0.39, 0.29) is 10.7 Å². The van der Waals surface area contributed by atoms with E-state index in [1.54, 1.807) is 0 Å². The smallest absolute Gasteiger partial charge is 0.261 e. The third-order valence-corrected chi connectivity index (χ3v) is 5.50. The Hall–Kier alpha value is -2.48. The van der Waals surface area contributed by atoms with Gasteiger partial charge in [0, 0.05) is 18.7 Å². The minimum absolute atomic E-state index is 0.0811. The van der Waals surface area contributed by atoms with Gasteiger partial charge in [0.15, 0.2) is 5.78 Å². The zero-order valence-electron chi connectivity index (χ0n) is 14.0. The number of aromatic nitrogens is 2.